The molecule has 0 atom stereocenters. The third-order valence-electron chi connectivity index (χ3n) is 3.02. The Hall–Kier alpha value is -0.700. The van der Waals surface area contributed by atoms with E-state index in [2.05, 4.69) is 35.8 Å². The Kier molecular flexibility index (Phi) is 5.36. The van der Waals surface area contributed by atoms with Gasteiger partial charge in [-0.3, -0.25) is 0 Å². The van der Waals surface area contributed by atoms with Gasteiger partial charge in [0, 0.05) is 15.1 Å². The van der Waals surface area contributed by atoms with Crippen molar-refractivity contribution in [3.05, 3.63) is 57.0 Å². The molecule has 0 saturated carbocycles. The van der Waals surface area contributed by atoms with Gasteiger partial charge in [-0.1, -0.05) is 47.4 Å². The minimum absolute atomic E-state index is 0.322. The van der Waals surface area contributed by atoms with Gasteiger partial charge in [0.25, 0.3) is 0 Å². The third-order valence-corrected chi connectivity index (χ3v) is 4.14. The van der Waals surface area contributed by atoms with E-state index in [0.717, 1.165) is 21.3 Å². The van der Waals surface area contributed by atoms with Crippen molar-refractivity contribution in [2.24, 2.45) is 0 Å². The second kappa shape index (κ2) is 6.84. The first-order valence-corrected chi connectivity index (χ1v) is 8.04. The van der Waals surface area contributed by atoms with Crippen LogP contribution in [-0.4, -0.2) is 0 Å². The molecule has 0 aromatic heterocycles. The van der Waals surface area contributed by atoms with Crippen LogP contribution in [0.25, 0.3) is 0 Å². The summed E-state index contributed by atoms with van der Waals surface area (Å²) in [6.45, 7) is 4.27. The van der Waals surface area contributed by atoms with Crippen LogP contribution in [0.15, 0.2) is 40.9 Å². The van der Waals surface area contributed by atoms with E-state index in [9.17, 15) is 0 Å². The summed E-state index contributed by atoms with van der Waals surface area (Å²) in [4.78, 5) is 0. The molecule has 4 heteroatoms. The van der Waals surface area contributed by atoms with E-state index < -0.39 is 0 Å². The summed E-state index contributed by atoms with van der Waals surface area (Å²) >= 11 is 15.6. The Morgan fingerprint density at radius 1 is 1.15 bits per heavy atom. The number of hydrogen-bond donors (Lipinski definition) is 0. The Morgan fingerprint density at radius 3 is 2.55 bits per heavy atom. The number of benzene rings is 2. The lowest BCUT2D eigenvalue weighted by atomic mass is 10.0. The van der Waals surface area contributed by atoms with Crippen molar-refractivity contribution in [3.63, 3.8) is 0 Å². The normalized spacial score (nSPS) is 10.9. The minimum Gasteiger partial charge on any atom is -0.457 e. The molecule has 2 rings (SSSR count). The Labute approximate surface area is 138 Å². The monoisotopic (exact) mass is 372 g/mol. The molecule has 0 aliphatic carbocycles. The van der Waals surface area contributed by atoms with E-state index in [4.69, 9.17) is 27.9 Å². The zero-order chi connectivity index (χ0) is 14.7. The van der Waals surface area contributed by atoms with Gasteiger partial charge in [-0.05, 0) is 41.8 Å². The summed E-state index contributed by atoms with van der Waals surface area (Å²) in [7, 11) is 0. The quantitative estimate of drug-likeness (QED) is 0.538. The second-order valence-electron chi connectivity index (χ2n) is 4.79. The van der Waals surface area contributed by atoms with Crippen LogP contribution in [-0.2, 0) is 5.88 Å². The van der Waals surface area contributed by atoms with E-state index in [0.29, 0.717) is 22.6 Å². The largest absolute Gasteiger partial charge is 0.457 e. The maximum atomic E-state index is 6.15. The predicted octanol–water partition coefficient (Wildman–Crippen LogP) is 6.76. The molecule has 106 valence electrons. The predicted molar refractivity (Wildman–Crippen MR) is 89.3 cm³/mol. The van der Waals surface area contributed by atoms with Crippen LogP contribution in [0.2, 0.25) is 5.02 Å². The molecule has 0 fully saturated rings. The van der Waals surface area contributed by atoms with Crippen LogP contribution in [0, 0.1) is 0 Å². The number of halogens is 3. The summed E-state index contributed by atoms with van der Waals surface area (Å²) in [5.41, 5.74) is 1.95. The van der Waals surface area contributed by atoms with Crippen molar-refractivity contribution in [1.29, 1.82) is 0 Å². The molecule has 1 nitrogen and oxygen atoms in total. The molecule has 2 aromatic rings. The van der Waals surface area contributed by atoms with E-state index in [1.165, 1.54) is 0 Å². The number of hydrogen-bond acceptors (Lipinski definition) is 1. The lowest BCUT2D eigenvalue weighted by molar-refractivity contribution is 0.469. The van der Waals surface area contributed by atoms with Crippen molar-refractivity contribution in [1.82, 2.24) is 0 Å². The minimum atomic E-state index is 0.322. The summed E-state index contributed by atoms with van der Waals surface area (Å²) in [5, 5.41) is 0.626. The lowest BCUT2D eigenvalue weighted by Gasteiger charge is -2.16. The van der Waals surface area contributed by atoms with Gasteiger partial charge in [0.1, 0.15) is 11.5 Å². The van der Waals surface area contributed by atoms with Gasteiger partial charge in [0.05, 0.1) is 5.88 Å². The molecule has 0 N–H and O–H groups in total. The summed E-state index contributed by atoms with van der Waals surface area (Å²) in [5.74, 6) is 2.22. The van der Waals surface area contributed by atoms with Crippen molar-refractivity contribution in [2.45, 2.75) is 25.6 Å². The molecular weight excluding hydrogens is 359 g/mol. The SMILES string of the molecule is CC(C)c1cc(Br)ccc1Oc1cccc(Cl)c1CCl. The van der Waals surface area contributed by atoms with Crippen LogP contribution < -0.4 is 4.74 Å². The van der Waals surface area contributed by atoms with Crippen LogP contribution in [0.5, 0.6) is 11.5 Å². The highest BCUT2D eigenvalue weighted by Gasteiger charge is 2.13. The van der Waals surface area contributed by atoms with E-state index in [1.54, 1.807) is 0 Å². The molecule has 0 radical (unpaired) electrons. The molecule has 0 amide bonds. The van der Waals surface area contributed by atoms with Crippen LogP contribution in [0.4, 0.5) is 0 Å². The van der Waals surface area contributed by atoms with Gasteiger partial charge < -0.3 is 4.74 Å². The first-order chi connectivity index (χ1) is 9.52. The zero-order valence-corrected chi connectivity index (χ0v) is 14.4. The average molecular weight is 374 g/mol. The molecule has 20 heavy (non-hydrogen) atoms. The molecule has 0 spiro atoms. The van der Waals surface area contributed by atoms with Crippen LogP contribution in [0.1, 0.15) is 30.9 Å². The van der Waals surface area contributed by atoms with Crippen LogP contribution >= 0.6 is 39.1 Å². The maximum absolute atomic E-state index is 6.15. The lowest BCUT2D eigenvalue weighted by Crippen LogP contribution is -1.96. The van der Waals surface area contributed by atoms with Gasteiger partial charge in [-0.2, -0.15) is 0 Å². The topological polar surface area (TPSA) is 9.23 Å². The molecule has 0 saturated heterocycles. The highest BCUT2D eigenvalue weighted by Crippen LogP contribution is 2.36. The van der Waals surface area contributed by atoms with Gasteiger partial charge in [-0.25, -0.2) is 0 Å². The van der Waals surface area contributed by atoms with Gasteiger partial charge >= 0.3 is 0 Å². The zero-order valence-electron chi connectivity index (χ0n) is 11.3. The van der Waals surface area contributed by atoms with E-state index in [-0.39, 0.29) is 0 Å². The molecule has 0 heterocycles. The molecule has 0 unspecified atom stereocenters. The Bertz CT molecular complexity index is 611. The molecule has 2 aromatic carbocycles. The van der Waals surface area contributed by atoms with Crippen molar-refractivity contribution in [2.75, 3.05) is 0 Å². The molecule has 0 bridgehead atoms. The third kappa shape index (κ3) is 3.49. The summed E-state index contributed by atoms with van der Waals surface area (Å²) < 4.78 is 7.08. The maximum Gasteiger partial charge on any atom is 0.133 e. The number of alkyl halides is 1. The molecular formula is C16H15BrCl2O. The summed E-state index contributed by atoms with van der Waals surface area (Å²) in [6, 6.07) is 11.6. The smallest absolute Gasteiger partial charge is 0.133 e. The van der Waals surface area contributed by atoms with Crippen molar-refractivity contribution in [3.8, 4) is 11.5 Å². The second-order valence-corrected chi connectivity index (χ2v) is 6.38. The van der Waals surface area contributed by atoms with E-state index in [1.807, 2.05) is 30.3 Å². The van der Waals surface area contributed by atoms with Gasteiger partial charge in [0.2, 0.25) is 0 Å². The number of ether oxygens (including phenoxy) is 1. The standard InChI is InChI=1S/C16H15BrCl2O/c1-10(2)12-8-11(17)6-7-16(12)20-15-5-3-4-14(19)13(15)9-18/h3-8,10H,9H2,1-2H3. The Morgan fingerprint density at radius 2 is 1.90 bits per heavy atom. The highest BCUT2D eigenvalue weighted by molar-refractivity contribution is 9.10. The fourth-order valence-electron chi connectivity index (χ4n) is 1.95. The highest BCUT2D eigenvalue weighted by atomic mass is 79.9. The summed E-state index contributed by atoms with van der Waals surface area (Å²) in [6.07, 6.45) is 0. The van der Waals surface area contributed by atoms with Crippen molar-refractivity contribution < 1.29 is 4.74 Å². The van der Waals surface area contributed by atoms with Gasteiger partial charge in [-0.15, -0.1) is 11.6 Å². The fraction of sp³-hybridized carbons (Fsp3) is 0.250. The fourth-order valence-corrected chi connectivity index (χ4v) is 2.90. The first-order valence-electron chi connectivity index (χ1n) is 6.33. The number of rotatable bonds is 4. The Balaban J connectivity index is 2.42. The van der Waals surface area contributed by atoms with E-state index >= 15 is 0 Å². The molecule has 0 aliphatic rings. The van der Waals surface area contributed by atoms with Crippen molar-refractivity contribution >= 4 is 39.1 Å². The molecule has 0 aliphatic heterocycles. The van der Waals surface area contributed by atoms with Crippen LogP contribution in [0.3, 0.4) is 0 Å². The average Bonchev–Trinajstić information content (AvgIpc) is 2.41. The van der Waals surface area contributed by atoms with Gasteiger partial charge in [0.15, 0.2) is 0 Å². The first kappa shape index (κ1) is 15.7.